The van der Waals surface area contributed by atoms with Gasteiger partial charge in [0.15, 0.2) is 0 Å². The Labute approximate surface area is 216 Å². The number of pyridine rings is 1. The first-order valence-corrected chi connectivity index (χ1v) is 12.9. The third-order valence-corrected chi connectivity index (χ3v) is 6.11. The number of benzene rings is 1. The van der Waals surface area contributed by atoms with Crippen molar-refractivity contribution in [2.45, 2.75) is 53.2 Å². The van der Waals surface area contributed by atoms with Crippen LogP contribution in [0.4, 0.5) is 0 Å². The van der Waals surface area contributed by atoms with Crippen LogP contribution in [0.1, 0.15) is 60.9 Å². The molecule has 35 heavy (non-hydrogen) atoms. The number of aryl methyl sites for hydroxylation is 1. The van der Waals surface area contributed by atoms with Crippen LogP contribution in [0.3, 0.4) is 0 Å². The number of hydrogen-bond donors (Lipinski definition) is 0. The Morgan fingerprint density at radius 1 is 1.14 bits per heavy atom. The molecule has 0 N–H and O–H groups in total. The number of carbonyl (C=O) groups is 1. The standard InChI is InChI=1S/C27H27BrN2O3.C2H6/c1-3-32-27(31)21-14-15-29-26(16-21)30-19(2)12-13-24(30)23-17-22(28)10-7-11-25(23)33-18-20-8-5-4-6-9-20;1-2/h4-6,8-10,12-17,25H,3,7,11,18H2,1-2H3;1-2H3. The largest absolute Gasteiger partial charge is 0.462 e. The lowest BCUT2D eigenvalue weighted by Gasteiger charge is -2.22. The van der Waals surface area contributed by atoms with Crippen molar-refractivity contribution in [3.05, 3.63) is 99.9 Å². The van der Waals surface area contributed by atoms with Crippen molar-refractivity contribution in [3.63, 3.8) is 0 Å². The topological polar surface area (TPSA) is 53.3 Å². The first-order chi connectivity index (χ1) is 17.1. The zero-order valence-corrected chi connectivity index (χ0v) is 22.4. The maximum atomic E-state index is 12.3. The lowest BCUT2D eigenvalue weighted by molar-refractivity contribution is 0.0526. The van der Waals surface area contributed by atoms with Crippen LogP contribution in [0, 0.1) is 6.92 Å². The van der Waals surface area contributed by atoms with Crippen LogP contribution in [-0.4, -0.2) is 28.2 Å². The predicted octanol–water partition coefficient (Wildman–Crippen LogP) is 7.43. The van der Waals surface area contributed by atoms with Crippen LogP contribution in [-0.2, 0) is 16.1 Å². The molecule has 1 atom stereocenters. The average Bonchev–Trinajstić information content (AvgIpc) is 3.17. The van der Waals surface area contributed by atoms with Gasteiger partial charge in [-0.05, 0) is 62.6 Å². The normalized spacial score (nSPS) is 15.3. The van der Waals surface area contributed by atoms with Crippen LogP contribution in [0.15, 0.2) is 77.4 Å². The molecule has 4 rings (SSSR count). The second-order valence-electron chi connectivity index (χ2n) is 7.87. The van der Waals surface area contributed by atoms with Crippen LogP contribution in [0.2, 0.25) is 0 Å². The first-order valence-electron chi connectivity index (χ1n) is 12.1. The van der Waals surface area contributed by atoms with Gasteiger partial charge in [0.25, 0.3) is 0 Å². The Bertz CT molecular complexity index is 1180. The van der Waals surface area contributed by atoms with Crippen molar-refractivity contribution in [1.82, 2.24) is 9.55 Å². The monoisotopic (exact) mass is 536 g/mol. The summed E-state index contributed by atoms with van der Waals surface area (Å²) in [5.41, 5.74) is 4.71. The highest BCUT2D eigenvalue weighted by Gasteiger charge is 2.23. The third kappa shape index (κ3) is 6.80. The minimum Gasteiger partial charge on any atom is -0.462 e. The molecule has 2 heterocycles. The summed E-state index contributed by atoms with van der Waals surface area (Å²) < 4.78 is 14.7. The Hall–Kier alpha value is -2.96. The number of allylic oxidation sites excluding steroid dienone is 3. The van der Waals surface area contributed by atoms with E-state index in [2.05, 4.69) is 61.9 Å². The van der Waals surface area contributed by atoms with Crippen molar-refractivity contribution in [1.29, 1.82) is 0 Å². The third-order valence-electron chi connectivity index (χ3n) is 5.56. The molecule has 6 heteroatoms. The van der Waals surface area contributed by atoms with Gasteiger partial charge in [-0.25, -0.2) is 9.78 Å². The molecule has 1 aliphatic carbocycles. The number of ether oxygens (including phenoxy) is 2. The molecular formula is C29H33BrN2O3. The van der Waals surface area contributed by atoms with E-state index < -0.39 is 0 Å². The van der Waals surface area contributed by atoms with Gasteiger partial charge in [0.05, 0.1) is 30.6 Å². The molecule has 0 amide bonds. The molecule has 5 nitrogen and oxygen atoms in total. The van der Waals surface area contributed by atoms with Crippen LogP contribution < -0.4 is 0 Å². The predicted molar refractivity (Wildman–Crippen MR) is 145 cm³/mol. The van der Waals surface area contributed by atoms with Gasteiger partial charge in [-0.15, -0.1) is 0 Å². The quantitative estimate of drug-likeness (QED) is 0.294. The fourth-order valence-corrected chi connectivity index (χ4v) is 4.44. The highest BCUT2D eigenvalue weighted by Crippen LogP contribution is 2.33. The minimum absolute atomic E-state index is 0.0854. The van der Waals surface area contributed by atoms with E-state index in [0.29, 0.717) is 24.6 Å². The van der Waals surface area contributed by atoms with E-state index >= 15 is 0 Å². The first kappa shape index (κ1) is 26.6. The zero-order valence-electron chi connectivity index (χ0n) is 20.8. The highest BCUT2D eigenvalue weighted by atomic mass is 79.9. The van der Waals surface area contributed by atoms with E-state index in [1.165, 1.54) is 0 Å². The molecule has 184 valence electrons. The molecule has 1 aliphatic rings. The van der Waals surface area contributed by atoms with Crippen molar-refractivity contribution in [3.8, 4) is 5.82 Å². The number of rotatable bonds is 7. The molecule has 1 unspecified atom stereocenters. The van der Waals surface area contributed by atoms with Gasteiger partial charge in [-0.1, -0.05) is 66.2 Å². The van der Waals surface area contributed by atoms with Gasteiger partial charge in [0.2, 0.25) is 0 Å². The van der Waals surface area contributed by atoms with E-state index in [1.807, 2.05) is 39.0 Å². The Kier molecular flexibility index (Phi) is 10.1. The molecule has 0 aliphatic heterocycles. The Morgan fingerprint density at radius 2 is 1.91 bits per heavy atom. The zero-order chi connectivity index (χ0) is 25.2. The number of nitrogens with zero attached hydrogens (tertiary/aromatic N) is 2. The SMILES string of the molecule is CC.CCOC(=O)c1ccnc(-n2c(C)ccc2C2=CC(Br)=CCCC2OCc2ccccc2)c1. The van der Waals surface area contributed by atoms with E-state index in [4.69, 9.17) is 9.47 Å². The Balaban J connectivity index is 0.00000167. The van der Waals surface area contributed by atoms with Gasteiger partial charge in [-0.3, -0.25) is 4.57 Å². The van der Waals surface area contributed by atoms with Crippen LogP contribution in [0.25, 0.3) is 11.4 Å². The molecule has 2 aromatic heterocycles. The molecular weight excluding hydrogens is 504 g/mol. The fourth-order valence-electron chi connectivity index (χ4n) is 3.96. The van der Waals surface area contributed by atoms with Gasteiger partial charge in [-0.2, -0.15) is 0 Å². The van der Waals surface area contributed by atoms with Crippen molar-refractivity contribution >= 4 is 27.5 Å². The van der Waals surface area contributed by atoms with E-state index in [1.54, 1.807) is 25.3 Å². The number of aromatic nitrogens is 2. The highest BCUT2D eigenvalue weighted by molar-refractivity contribution is 9.11. The summed E-state index contributed by atoms with van der Waals surface area (Å²) in [6.45, 7) is 8.70. The van der Waals surface area contributed by atoms with Crippen molar-refractivity contribution in [2.75, 3.05) is 6.61 Å². The van der Waals surface area contributed by atoms with Gasteiger partial charge < -0.3 is 9.47 Å². The molecule has 0 bridgehead atoms. The van der Waals surface area contributed by atoms with Gasteiger partial charge >= 0.3 is 5.97 Å². The minimum atomic E-state index is -0.351. The molecule has 0 saturated heterocycles. The Morgan fingerprint density at radius 3 is 2.66 bits per heavy atom. The molecule has 0 spiro atoms. The number of halogens is 1. The number of carbonyl (C=O) groups excluding carboxylic acids is 1. The molecule has 3 aromatic rings. The second kappa shape index (κ2) is 13.2. The molecule has 0 fully saturated rings. The number of esters is 1. The van der Waals surface area contributed by atoms with Crippen molar-refractivity contribution in [2.24, 2.45) is 0 Å². The summed E-state index contributed by atoms with van der Waals surface area (Å²) in [4.78, 5) is 16.9. The van der Waals surface area contributed by atoms with Gasteiger partial charge in [0, 0.05) is 21.9 Å². The average molecular weight is 537 g/mol. The summed E-state index contributed by atoms with van der Waals surface area (Å²) in [5, 5.41) is 0. The summed E-state index contributed by atoms with van der Waals surface area (Å²) in [6.07, 6.45) is 7.64. The smallest absolute Gasteiger partial charge is 0.338 e. The maximum Gasteiger partial charge on any atom is 0.338 e. The van der Waals surface area contributed by atoms with Gasteiger partial charge in [0.1, 0.15) is 5.82 Å². The van der Waals surface area contributed by atoms with E-state index in [-0.39, 0.29) is 12.1 Å². The maximum absolute atomic E-state index is 12.3. The number of hydrogen-bond acceptors (Lipinski definition) is 4. The molecule has 0 radical (unpaired) electrons. The molecule has 0 saturated carbocycles. The van der Waals surface area contributed by atoms with E-state index in [9.17, 15) is 4.79 Å². The fraction of sp³-hybridized carbons (Fsp3) is 0.310. The summed E-state index contributed by atoms with van der Waals surface area (Å²) in [7, 11) is 0. The molecule has 1 aromatic carbocycles. The summed E-state index contributed by atoms with van der Waals surface area (Å²) >= 11 is 3.68. The van der Waals surface area contributed by atoms with Crippen LogP contribution in [0.5, 0.6) is 0 Å². The van der Waals surface area contributed by atoms with E-state index in [0.717, 1.165) is 39.8 Å². The summed E-state index contributed by atoms with van der Waals surface area (Å²) in [5.74, 6) is 0.320. The second-order valence-corrected chi connectivity index (χ2v) is 8.79. The lowest BCUT2D eigenvalue weighted by Crippen LogP contribution is -2.17. The van der Waals surface area contributed by atoms with Crippen LogP contribution >= 0.6 is 15.9 Å². The summed E-state index contributed by atoms with van der Waals surface area (Å²) in [6, 6.07) is 17.8. The lowest BCUT2D eigenvalue weighted by atomic mass is 10.0. The van der Waals surface area contributed by atoms with Crippen molar-refractivity contribution < 1.29 is 14.3 Å².